The lowest BCUT2D eigenvalue weighted by Crippen LogP contribution is -2.00. The second-order valence-corrected chi connectivity index (χ2v) is 6.08. The number of aromatic amines is 1. The molecule has 2 aromatic carbocycles. The molecule has 0 aliphatic heterocycles. The third-order valence-corrected chi connectivity index (χ3v) is 4.49. The maximum absolute atomic E-state index is 14.3. The predicted molar refractivity (Wildman–Crippen MR) is 98.7 cm³/mol. The Morgan fingerprint density at radius 2 is 1.88 bits per heavy atom. The number of hydrogen-bond acceptors (Lipinski definition) is 3. The lowest BCUT2D eigenvalue weighted by molar-refractivity contribution is 0.356. The Bertz CT molecular complexity index is 922. The van der Waals surface area contributed by atoms with E-state index in [-0.39, 0.29) is 5.52 Å². The molecule has 6 heteroatoms. The predicted octanol–water partition coefficient (Wildman–Crippen LogP) is 4.41. The number of fused-ring (bicyclic) bond motifs is 1. The summed E-state index contributed by atoms with van der Waals surface area (Å²) in [5.74, 6) is -0.0999. The number of aryl methyl sites for hydroxylation is 1. The highest BCUT2D eigenvalue weighted by molar-refractivity contribution is 5.92. The smallest absolute Gasteiger partial charge is 0.170 e. The Morgan fingerprint density at radius 1 is 1.08 bits per heavy atom. The van der Waals surface area contributed by atoms with Crippen LogP contribution in [0.5, 0.6) is 11.5 Å². The lowest BCUT2D eigenvalue weighted by atomic mass is 9.99. The van der Waals surface area contributed by atoms with E-state index in [9.17, 15) is 8.78 Å². The van der Waals surface area contributed by atoms with Crippen LogP contribution in [0.4, 0.5) is 8.78 Å². The van der Waals surface area contributed by atoms with Gasteiger partial charge in [-0.15, -0.1) is 0 Å². The number of nitrogens with one attached hydrogen (secondary N) is 1. The standard InChI is InChI=1S/C20H22F2N2O2/c1-25-17-8-5-7-14(20(17)26-2)18-13(6-3-4-9-23)15-10-12(21)11-16(22)19(15)24-18/h5,7-8,10-11,24H,3-4,6,9,23H2,1-2H3. The van der Waals surface area contributed by atoms with Crippen molar-refractivity contribution in [3.8, 4) is 22.8 Å². The van der Waals surface area contributed by atoms with Crippen LogP contribution < -0.4 is 15.2 Å². The molecular weight excluding hydrogens is 338 g/mol. The van der Waals surface area contributed by atoms with Crippen molar-refractivity contribution >= 4 is 10.9 Å². The molecule has 0 fully saturated rings. The van der Waals surface area contributed by atoms with Crippen LogP contribution in [0, 0.1) is 11.6 Å². The van der Waals surface area contributed by atoms with E-state index >= 15 is 0 Å². The van der Waals surface area contributed by atoms with Gasteiger partial charge in [-0.25, -0.2) is 8.78 Å². The molecular formula is C20H22F2N2O2. The quantitative estimate of drug-likeness (QED) is 0.614. The number of para-hydroxylation sites is 1. The molecule has 26 heavy (non-hydrogen) atoms. The van der Waals surface area contributed by atoms with E-state index in [1.807, 2.05) is 12.1 Å². The first-order chi connectivity index (χ1) is 12.6. The molecule has 3 rings (SSSR count). The molecule has 0 atom stereocenters. The summed E-state index contributed by atoms with van der Waals surface area (Å²) < 4.78 is 39.0. The highest BCUT2D eigenvalue weighted by Crippen LogP contribution is 2.41. The number of hydrogen-bond donors (Lipinski definition) is 2. The summed E-state index contributed by atoms with van der Waals surface area (Å²) in [6.07, 6.45) is 2.30. The molecule has 0 saturated carbocycles. The molecule has 3 aromatic rings. The minimum Gasteiger partial charge on any atom is -0.493 e. The molecule has 0 spiro atoms. The Morgan fingerprint density at radius 3 is 2.58 bits per heavy atom. The Balaban J connectivity index is 2.25. The molecule has 0 aliphatic rings. The zero-order chi connectivity index (χ0) is 18.7. The average Bonchev–Trinajstić information content (AvgIpc) is 3.00. The highest BCUT2D eigenvalue weighted by atomic mass is 19.1. The minimum absolute atomic E-state index is 0.286. The molecule has 0 radical (unpaired) electrons. The summed E-state index contributed by atoms with van der Waals surface area (Å²) in [6.45, 7) is 0.572. The van der Waals surface area contributed by atoms with E-state index < -0.39 is 11.6 Å². The monoisotopic (exact) mass is 360 g/mol. The Labute approximate surface area is 150 Å². The first-order valence-electron chi connectivity index (χ1n) is 8.51. The number of rotatable bonds is 7. The molecule has 4 nitrogen and oxygen atoms in total. The number of halogens is 2. The zero-order valence-corrected chi connectivity index (χ0v) is 14.9. The third kappa shape index (κ3) is 3.24. The number of H-pyrrole nitrogens is 1. The first-order valence-corrected chi connectivity index (χ1v) is 8.51. The lowest BCUT2D eigenvalue weighted by Gasteiger charge is -2.13. The molecule has 138 valence electrons. The van der Waals surface area contributed by atoms with Gasteiger partial charge in [0.15, 0.2) is 11.5 Å². The van der Waals surface area contributed by atoms with Crippen LogP contribution in [-0.2, 0) is 6.42 Å². The number of methoxy groups -OCH3 is 2. The maximum atomic E-state index is 14.3. The fraction of sp³-hybridized carbons (Fsp3) is 0.300. The molecule has 0 unspecified atom stereocenters. The van der Waals surface area contributed by atoms with Crippen LogP contribution in [-0.4, -0.2) is 25.7 Å². The average molecular weight is 360 g/mol. The normalized spacial score (nSPS) is 11.1. The van der Waals surface area contributed by atoms with E-state index in [4.69, 9.17) is 15.2 Å². The molecule has 1 aromatic heterocycles. The van der Waals surface area contributed by atoms with E-state index in [2.05, 4.69) is 4.98 Å². The van der Waals surface area contributed by atoms with E-state index in [1.165, 1.54) is 6.07 Å². The van der Waals surface area contributed by atoms with Crippen molar-refractivity contribution in [2.24, 2.45) is 5.73 Å². The van der Waals surface area contributed by atoms with Crippen molar-refractivity contribution in [1.82, 2.24) is 4.98 Å². The second kappa shape index (κ2) is 7.74. The molecule has 0 saturated heterocycles. The second-order valence-electron chi connectivity index (χ2n) is 6.08. The van der Waals surface area contributed by atoms with Crippen molar-refractivity contribution in [1.29, 1.82) is 0 Å². The van der Waals surface area contributed by atoms with Gasteiger partial charge >= 0.3 is 0 Å². The van der Waals surface area contributed by atoms with Crippen molar-refractivity contribution in [2.45, 2.75) is 19.3 Å². The number of ether oxygens (including phenoxy) is 2. The summed E-state index contributed by atoms with van der Waals surface area (Å²) in [4.78, 5) is 3.12. The van der Waals surface area contributed by atoms with Crippen LogP contribution in [0.3, 0.4) is 0 Å². The van der Waals surface area contributed by atoms with Gasteiger partial charge in [-0.3, -0.25) is 0 Å². The van der Waals surface area contributed by atoms with Gasteiger partial charge in [-0.05, 0) is 49.6 Å². The van der Waals surface area contributed by atoms with Crippen LogP contribution in [0.1, 0.15) is 18.4 Å². The topological polar surface area (TPSA) is 60.3 Å². The maximum Gasteiger partial charge on any atom is 0.170 e. The van der Waals surface area contributed by atoms with Crippen molar-refractivity contribution < 1.29 is 18.3 Å². The fourth-order valence-corrected chi connectivity index (χ4v) is 3.29. The largest absolute Gasteiger partial charge is 0.493 e. The van der Waals surface area contributed by atoms with Gasteiger partial charge < -0.3 is 20.2 Å². The van der Waals surface area contributed by atoms with Crippen molar-refractivity contribution in [3.63, 3.8) is 0 Å². The van der Waals surface area contributed by atoms with Crippen molar-refractivity contribution in [3.05, 3.63) is 47.5 Å². The van der Waals surface area contributed by atoms with Gasteiger partial charge in [0, 0.05) is 17.0 Å². The first kappa shape index (κ1) is 18.2. The number of nitrogens with two attached hydrogens (primary N) is 1. The molecule has 0 aliphatic carbocycles. The summed E-state index contributed by atoms with van der Waals surface area (Å²) in [5, 5.41) is 0.541. The van der Waals surface area contributed by atoms with Gasteiger partial charge in [-0.2, -0.15) is 0 Å². The summed E-state index contributed by atoms with van der Waals surface area (Å²) in [6, 6.07) is 7.74. The molecule has 1 heterocycles. The summed E-state index contributed by atoms with van der Waals surface area (Å²) in [7, 11) is 3.11. The molecule has 0 amide bonds. The van der Waals surface area contributed by atoms with E-state index in [0.717, 1.165) is 30.0 Å². The van der Waals surface area contributed by atoms with Gasteiger partial charge in [-0.1, -0.05) is 6.07 Å². The van der Waals surface area contributed by atoms with Gasteiger partial charge in [0.1, 0.15) is 11.6 Å². The highest BCUT2D eigenvalue weighted by Gasteiger charge is 2.20. The van der Waals surface area contributed by atoms with Gasteiger partial charge in [0.05, 0.1) is 25.4 Å². The van der Waals surface area contributed by atoms with E-state index in [1.54, 1.807) is 20.3 Å². The SMILES string of the molecule is COc1cccc(-c2[nH]c3c(F)cc(F)cc3c2CCCCN)c1OC. The van der Waals surface area contributed by atoms with Crippen LogP contribution in [0.15, 0.2) is 30.3 Å². The fourth-order valence-electron chi connectivity index (χ4n) is 3.29. The molecule has 0 bridgehead atoms. The van der Waals surface area contributed by atoms with Gasteiger partial charge in [0.25, 0.3) is 0 Å². The number of unbranched alkanes of at least 4 members (excludes halogenated alkanes) is 1. The van der Waals surface area contributed by atoms with Crippen LogP contribution in [0.2, 0.25) is 0 Å². The van der Waals surface area contributed by atoms with Crippen LogP contribution in [0.25, 0.3) is 22.2 Å². The van der Waals surface area contributed by atoms with Crippen LogP contribution >= 0.6 is 0 Å². The third-order valence-electron chi connectivity index (χ3n) is 4.49. The number of benzene rings is 2. The van der Waals surface area contributed by atoms with Crippen molar-refractivity contribution in [2.75, 3.05) is 20.8 Å². The Kier molecular flexibility index (Phi) is 5.42. The summed E-state index contributed by atoms with van der Waals surface area (Å²) >= 11 is 0. The number of aromatic nitrogens is 1. The zero-order valence-electron chi connectivity index (χ0n) is 14.9. The summed E-state index contributed by atoms with van der Waals surface area (Å²) in [5.41, 5.74) is 8.18. The van der Waals surface area contributed by atoms with Gasteiger partial charge in [0.2, 0.25) is 0 Å². The minimum atomic E-state index is -0.617. The van der Waals surface area contributed by atoms with E-state index in [0.29, 0.717) is 35.5 Å². The Hall–Kier alpha value is -2.60. The molecule has 3 N–H and O–H groups in total.